The third kappa shape index (κ3) is 4.37. The molecule has 0 spiro atoms. The lowest BCUT2D eigenvalue weighted by Gasteiger charge is -2.17. The summed E-state index contributed by atoms with van der Waals surface area (Å²) in [5.74, 6) is 0.0508. The summed E-state index contributed by atoms with van der Waals surface area (Å²) in [6.45, 7) is 0.631. The van der Waals surface area contributed by atoms with Crippen molar-refractivity contribution in [2.24, 2.45) is 0 Å². The average molecular weight is 409 g/mol. The lowest BCUT2D eigenvalue weighted by atomic mass is 10.2. The van der Waals surface area contributed by atoms with Crippen LogP contribution in [-0.4, -0.2) is 35.5 Å². The number of carbonyl (C=O) groups excluding carboxylic acids is 1. The fourth-order valence-electron chi connectivity index (χ4n) is 2.99. The van der Waals surface area contributed by atoms with E-state index in [9.17, 15) is 21.6 Å². The van der Waals surface area contributed by atoms with Crippen molar-refractivity contribution in [1.82, 2.24) is 4.72 Å². The number of nitrogens with zero attached hydrogens (tertiary/aromatic N) is 1. The number of sulfone groups is 1. The minimum absolute atomic E-state index is 0.0176. The highest BCUT2D eigenvalue weighted by Crippen LogP contribution is 2.23. The van der Waals surface area contributed by atoms with Gasteiger partial charge >= 0.3 is 0 Å². The molecule has 0 radical (unpaired) electrons. The molecule has 1 aliphatic rings. The molecule has 144 valence electrons. The van der Waals surface area contributed by atoms with Crippen LogP contribution in [-0.2, 0) is 31.2 Å². The van der Waals surface area contributed by atoms with Crippen molar-refractivity contribution in [3.05, 3.63) is 54.1 Å². The lowest BCUT2D eigenvalue weighted by Crippen LogP contribution is -2.26. The van der Waals surface area contributed by atoms with Gasteiger partial charge in [-0.25, -0.2) is 21.6 Å². The number of sulfonamides is 1. The van der Waals surface area contributed by atoms with Gasteiger partial charge in [0, 0.05) is 31.5 Å². The summed E-state index contributed by atoms with van der Waals surface area (Å²) in [4.78, 5) is 13.0. The van der Waals surface area contributed by atoms with Crippen LogP contribution in [0, 0.1) is 0 Å². The van der Waals surface area contributed by atoms with Crippen LogP contribution in [0.25, 0.3) is 0 Å². The molecule has 2 aromatic carbocycles. The number of benzene rings is 2. The first kappa shape index (κ1) is 19.5. The molecule has 2 aromatic rings. The van der Waals surface area contributed by atoms with Gasteiger partial charge in [-0.15, -0.1) is 0 Å². The monoisotopic (exact) mass is 408 g/mol. The molecule has 0 saturated carbocycles. The summed E-state index contributed by atoms with van der Waals surface area (Å²) in [5, 5.41) is 0. The molecule has 9 heteroatoms. The van der Waals surface area contributed by atoms with Crippen molar-refractivity contribution in [2.75, 3.05) is 17.7 Å². The van der Waals surface area contributed by atoms with Crippen LogP contribution >= 0.6 is 0 Å². The zero-order valence-corrected chi connectivity index (χ0v) is 16.4. The van der Waals surface area contributed by atoms with E-state index < -0.39 is 19.9 Å². The Balaban J connectivity index is 1.82. The van der Waals surface area contributed by atoms with Crippen molar-refractivity contribution >= 4 is 31.5 Å². The number of anilines is 1. The van der Waals surface area contributed by atoms with E-state index in [-0.39, 0.29) is 22.2 Å². The molecule has 1 N–H and O–H groups in total. The Morgan fingerprint density at radius 2 is 1.70 bits per heavy atom. The van der Waals surface area contributed by atoms with E-state index in [1.807, 2.05) is 0 Å². The van der Waals surface area contributed by atoms with Gasteiger partial charge in [0.2, 0.25) is 15.9 Å². The molecule has 0 unspecified atom stereocenters. The molecule has 1 heterocycles. The predicted molar refractivity (Wildman–Crippen MR) is 102 cm³/mol. The van der Waals surface area contributed by atoms with Crippen molar-refractivity contribution in [3.63, 3.8) is 0 Å². The Morgan fingerprint density at radius 3 is 2.33 bits per heavy atom. The minimum atomic E-state index is -4.02. The third-order valence-electron chi connectivity index (χ3n) is 4.30. The molecule has 0 atom stereocenters. The lowest BCUT2D eigenvalue weighted by molar-refractivity contribution is -0.117. The van der Waals surface area contributed by atoms with E-state index in [0.29, 0.717) is 18.5 Å². The fourth-order valence-corrected chi connectivity index (χ4v) is 5.64. The second kappa shape index (κ2) is 7.41. The summed E-state index contributed by atoms with van der Waals surface area (Å²) < 4.78 is 51.4. The molecule has 0 bridgehead atoms. The molecule has 0 aliphatic carbocycles. The van der Waals surface area contributed by atoms with Gasteiger partial charge < -0.3 is 4.90 Å². The highest BCUT2D eigenvalue weighted by atomic mass is 32.2. The van der Waals surface area contributed by atoms with Crippen LogP contribution in [0.5, 0.6) is 0 Å². The van der Waals surface area contributed by atoms with Crippen LogP contribution in [0.4, 0.5) is 5.69 Å². The maximum Gasteiger partial charge on any atom is 0.242 e. The first-order valence-electron chi connectivity index (χ1n) is 8.36. The first-order chi connectivity index (χ1) is 12.7. The van der Waals surface area contributed by atoms with Crippen LogP contribution in [0.2, 0.25) is 0 Å². The van der Waals surface area contributed by atoms with Gasteiger partial charge in [0.05, 0.1) is 4.90 Å². The van der Waals surface area contributed by atoms with E-state index >= 15 is 0 Å². The summed E-state index contributed by atoms with van der Waals surface area (Å²) in [6.07, 6.45) is 2.29. The van der Waals surface area contributed by atoms with Crippen molar-refractivity contribution < 1.29 is 21.6 Å². The largest absolute Gasteiger partial charge is 0.312 e. The van der Waals surface area contributed by atoms with Crippen molar-refractivity contribution in [2.45, 2.75) is 29.2 Å². The van der Waals surface area contributed by atoms with Gasteiger partial charge in [-0.1, -0.05) is 24.3 Å². The van der Waals surface area contributed by atoms with Crippen LogP contribution in [0.15, 0.2) is 58.3 Å². The van der Waals surface area contributed by atoms with Crippen LogP contribution < -0.4 is 9.62 Å². The Hall–Kier alpha value is -2.23. The second-order valence-corrected chi connectivity index (χ2v) is 10.1. The van der Waals surface area contributed by atoms with Crippen molar-refractivity contribution in [3.8, 4) is 0 Å². The van der Waals surface area contributed by atoms with Gasteiger partial charge in [-0.05, 0) is 36.2 Å². The Morgan fingerprint density at radius 1 is 1.00 bits per heavy atom. The van der Waals surface area contributed by atoms with E-state index in [1.54, 1.807) is 29.2 Å². The summed E-state index contributed by atoms with van der Waals surface area (Å²) in [7, 11) is -7.71. The van der Waals surface area contributed by atoms with E-state index in [4.69, 9.17) is 0 Å². The van der Waals surface area contributed by atoms with Crippen LogP contribution in [0.1, 0.15) is 18.4 Å². The Labute approximate surface area is 159 Å². The first-order valence-corrected chi connectivity index (χ1v) is 11.7. The standard InChI is InChI=1S/C18H20N2O5S2/c1-26(22,23)16-8-2-3-9-17(16)27(24,25)19-13-14-6-4-7-15(12-14)20-11-5-10-18(20)21/h2-4,6-9,12,19H,5,10-11,13H2,1H3. The number of amides is 1. The molecule has 1 aliphatic heterocycles. The molecular weight excluding hydrogens is 388 g/mol. The Kier molecular flexibility index (Phi) is 5.36. The fraction of sp³-hybridized carbons (Fsp3) is 0.278. The SMILES string of the molecule is CS(=O)(=O)c1ccccc1S(=O)(=O)NCc1cccc(N2CCCC2=O)c1. The summed E-state index contributed by atoms with van der Waals surface area (Å²) >= 11 is 0. The zero-order chi connectivity index (χ0) is 19.7. The van der Waals surface area contributed by atoms with Gasteiger partial charge in [0.15, 0.2) is 9.84 Å². The number of hydrogen-bond donors (Lipinski definition) is 1. The maximum atomic E-state index is 12.6. The van der Waals surface area contributed by atoms with E-state index in [0.717, 1.165) is 18.4 Å². The number of nitrogens with one attached hydrogen (secondary N) is 1. The Bertz CT molecular complexity index is 1080. The van der Waals surface area contributed by atoms with Gasteiger partial charge in [0.1, 0.15) is 4.90 Å². The van der Waals surface area contributed by atoms with Crippen LogP contribution in [0.3, 0.4) is 0 Å². The van der Waals surface area contributed by atoms with Gasteiger partial charge in [-0.2, -0.15) is 0 Å². The maximum absolute atomic E-state index is 12.6. The van der Waals surface area contributed by atoms with Gasteiger partial charge in [-0.3, -0.25) is 4.79 Å². The molecule has 3 rings (SSSR count). The minimum Gasteiger partial charge on any atom is -0.312 e. The van der Waals surface area contributed by atoms with Gasteiger partial charge in [0.25, 0.3) is 0 Å². The molecule has 27 heavy (non-hydrogen) atoms. The highest BCUT2D eigenvalue weighted by molar-refractivity contribution is 7.93. The summed E-state index contributed by atoms with van der Waals surface area (Å²) in [6, 6.07) is 12.6. The topological polar surface area (TPSA) is 101 Å². The zero-order valence-electron chi connectivity index (χ0n) is 14.8. The summed E-state index contributed by atoms with van der Waals surface area (Å²) in [5.41, 5.74) is 1.40. The molecule has 1 saturated heterocycles. The molecule has 7 nitrogen and oxygen atoms in total. The number of rotatable bonds is 6. The molecular formula is C18H20N2O5S2. The third-order valence-corrected chi connectivity index (χ3v) is 7.04. The molecule has 1 amide bonds. The molecule has 1 fully saturated rings. The molecule has 0 aromatic heterocycles. The second-order valence-electron chi connectivity index (χ2n) is 6.36. The average Bonchev–Trinajstić information content (AvgIpc) is 3.06. The smallest absolute Gasteiger partial charge is 0.242 e. The van der Waals surface area contributed by atoms with Crippen molar-refractivity contribution in [1.29, 1.82) is 0 Å². The number of hydrogen-bond acceptors (Lipinski definition) is 5. The normalized spacial score (nSPS) is 15.3. The van der Waals surface area contributed by atoms with E-state index in [2.05, 4.69) is 4.72 Å². The van der Waals surface area contributed by atoms with E-state index in [1.165, 1.54) is 24.3 Å². The number of carbonyl (C=O) groups is 1. The predicted octanol–water partition coefficient (Wildman–Crippen LogP) is 1.70. The highest BCUT2D eigenvalue weighted by Gasteiger charge is 2.24. The quantitative estimate of drug-likeness (QED) is 0.784.